The molecule has 0 radical (unpaired) electrons. The minimum Gasteiger partial charge on any atom is -0.396 e. The summed E-state index contributed by atoms with van der Waals surface area (Å²) in [4.78, 5) is 5.03. The second-order valence-corrected chi connectivity index (χ2v) is 10.2. The van der Waals surface area contributed by atoms with E-state index in [1.807, 2.05) is 74.5 Å². The van der Waals surface area contributed by atoms with Gasteiger partial charge in [0.2, 0.25) is 5.53 Å². The van der Waals surface area contributed by atoms with Crippen LogP contribution < -0.4 is 0 Å². The highest BCUT2D eigenvalue weighted by Crippen LogP contribution is 2.65. The number of hydrogen-bond acceptors (Lipinski definition) is 6. The van der Waals surface area contributed by atoms with E-state index in [2.05, 4.69) is 0 Å². The van der Waals surface area contributed by atoms with Crippen LogP contribution in [0.25, 0.3) is 0 Å². The monoisotopic (exact) mass is 461 g/mol. The lowest BCUT2D eigenvalue weighted by atomic mass is 10.0. The number of nitrogens with zero attached hydrogens (tertiary/aromatic N) is 1. The number of aliphatic imine (C=N–C) groups is 1. The fourth-order valence-electron chi connectivity index (χ4n) is 3.66. The predicted octanol–water partition coefficient (Wildman–Crippen LogP) is 5.68. The maximum absolute atomic E-state index is 14.6. The minimum atomic E-state index is -3.65. The summed E-state index contributed by atoms with van der Waals surface area (Å²) in [5, 5.41) is 9.55. The van der Waals surface area contributed by atoms with Crippen LogP contribution in [0.3, 0.4) is 0 Å². The molecule has 2 aromatic carbocycles. The van der Waals surface area contributed by atoms with E-state index < -0.39 is 18.7 Å². The number of ether oxygens (including phenoxy) is 2. The molecule has 6 nitrogen and oxygen atoms in total. The van der Waals surface area contributed by atoms with Crippen LogP contribution >= 0.6 is 7.37 Å². The molecule has 2 rings (SSSR count). The quantitative estimate of drug-likeness (QED) is 0.222. The van der Waals surface area contributed by atoms with E-state index in [4.69, 9.17) is 19.0 Å². The minimum absolute atomic E-state index is 0.0376. The van der Waals surface area contributed by atoms with Crippen LogP contribution in [-0.2, 0) is 18.6 Å². The van der Waals surface area contributed by atoms with Crippen molar-refractivity contribution in [1.29, 1.82) is 0 Å². The second-order valence-electron chi connectivity index (χ2n) is 7.33. The van der Waals surface area contributed by atoms with E-state index in [0.717, 1.165) is 11.1 Å². The zero-order chi connectivity index (χ0) is 23.5. The van der Waals surface area contributed by atoms with E-state index in [0.29, 0.717) is 31.8 Å². The fourth-order valence-corrected chi connectivity index (χ4v) is 6.40. The first-order chi connectivity index (χ1) is 15.5. The van der Waals surface area contributed by atoms with Crippen molar-refractivity contribution in [3.05, 3.63) is 71.8 Å². The molecule has 0 heterocycles. The number of rotatable bonds is 14. The number of aliphatic hydroxyl groups is 1. The Labute approximate surface area is 192 Å². The Bertz CT molecular complexity index is 825. The van der Waals surface area contributed by atoms with E-state index in [9.17, 15) is 9.67 Å². The lowest BCUT2D eigenvalue weighted by Crippen LogP contribution is -2.37. The van der Waals surface area contributed by atoms with Crippen molar-refractivity contribution in [3.63, 3.8) is 0 Å². The zero-order valence-corrected chi connectivity index (χ0v) is 20.5. The van der Waals surface area contributed by atoms with Crippen molar-refractivity contribution in [2.75, 3.05) is 26.4 Å². The largest absolute Gasteiger partial charge is 0.396 e. The molecule has 1 N–H and O–H groups in total. The number of aliphatic hydroxyl groups excluding tert-OH is 1. The van der Waals surface area contributed by atoms with Gasteiger partial charge in [-0.25, -0.2) is 0 Å². The lowest BCUT2D eigenvalue weighted by Gasteiger charge is -2.39. The molecular weight excluding hydrogens is 425 g/mol. The molecular formula is C25H36NO5P. The fraction of sp³-hybridized carbons (Fsp3) is 0.480. The van der Waals surface area contributed by atoms with E-state index >= 15 is 0 Å². The van der Waals surface area contributed by atoms with Crippen LogP contribution in [0.2, 0.25) is 0 Å². The molecule has 1 unspecified atom stereocenters. The van der Waals surface area contributed by atoms with Gasteiger partial charge in [0.15, 0.2) is 0 Å². The first-order valence-electron chi connectivity index (χ1n) is 11.3. The van der Waals surface area contributed by atoms with Crippen molar-refractivity contribution in [2.45, 2.75) is 51.8 Å². The van der Waals surface area contributed by atoms with Crippen molar-refractivity contribution in [2.24, 2.45) is 4.99 Å². The molecule has 0 fully saturated rings. The van der Waals surface area contributed by atoms with Crippen molar-refractivity contribution in [3.8, 4) is 0 Å². The van der Waals surface area contributed by atoms with E-state index in [1.165, 1.54) is 0 Å². The Balaban J connectivity index is 2.71. The van der Waals surface area contributed by atoms with Crippen molar-refractivity contribution in [1.82, 2.24) is 0 Å². The molecule has 2 aromatic rings. The summed E-state index contributed by atoms with van der Waals surface area (Å²) < 4.78 is 32.3. The van der Waals surface area contributed by atoms with Gasteiger partial charge in [0.1, 0.15) is 5.78 Å². The lowest BCUT2D eigenvalue weighted by molar-refractivity contribution is -0.168. The Morgan fingerprint density at radius 2 is 1.44 bits per heavy atom. The Morgan fingerprint density at radius 1 is 0.938 bits per heavy atom. The Morgan fingerprint density at radius 3 is 1.84 bits per heavy atom. The van der Waals surface area contributed by atoms with Gasteiger partial charge < -0.3 is 19.1 Å². The van der Waals surface area contributed by atoms with Crippen molar-refractivity contribution < 1.29 is 23.7 Å². The van der Waals surface area contributed by atoms with Crippen LogP contribution in [0.5, 0.6) is 0 Å². The SMILES string of the molecule is CCOC(C)(OCC)[P@@](=O)(OCC)C(CCCO)N=C(c1ccccc1)c1ccccc1. The van der Waals surface area contributed by atoms with Gasteiger partial charge in [-0.1, -0.05) is 60.7 Å². The molecule has 0 aromatic heterocycles. The van der Waals surface area contributed by atoms with Crippen LogP contribution in [0.15, 0.2) is 65.7 Å². The van der Waals surface area contributed by atoms with Crippen LogP contribution in [-0.4, -0.2) is 48.6 Å². The van der Waals surface area contributed by atoms with Crippen LogP contribution in [0.4, 0.5) is 0 Å². The highest BCUT2D eigenvalue weighted by molar-refractivity contribution is 7.61. The van der Waals surface area contributed by atoms with Gasteiger partial charge in [0, 0.05) is 30.9 Å². The van der Waals surface area contributed by atoms with Crippen LogP contribution in [0, 0.1) is 0 Å². The molecule has 0 amide bonds. The number of hydrogen-bond donors (Lipinski definition) is 1. The smallest absolute Gasteiger partial charge is 0.284 e. The van der Waals surface area contributed by atoms with Gasteiger partial charge in [-0.3, -0.25) is 9.56 Å². The molecule has 0 aliphatic rings. The van der Waals surface area contributed by atoms with Crippen molar-refractivity contribution >= 4 is 13.1 Å². The molecule has 0 saturated carbocycles. The van der Waals surface area contributed by atoms with Gasteiger partial charge in [-0.2, -0.15) is 0 Å². The third-order valence-corrected chi connectivity index (χ3v) is 8.29. The Kier molecular flexibility index (Phi) is 10.8. The third kappa shape index (κ3) is 6.37. The molecule has 0 aliphatic heterocycles. The summed E-state index contributed by atoms with van der Waals surface area (Å²) in [6.45, 7) is 7.95. The highest BCUT2D eigenvalue weighted by Gasteiger charge is 2.53. The average molecular weight is 462 g/mol. The van der Waals surface area contributed by atoms with E-state index in [1.54, 1.807) is 13.8 Å². The summed E-state index contributed by atoms with van der Waals surface area (Å²) in [5.74, 6) is -0.756. The third-order valence-electron chi connectivity index (χ3n) is 5.10. The average Bonchev–Trinajstić information content (AvgIpc) is 2.80. The van der Waals surface area contributed by atoms with E-state index in [-0.39, 0.29) is 13.2 Å². The Hall–Kier alpha value is -1.82. The maximum atomic E-state index is 14.6. The molecule has 0 aliphatic carbocycles. The van der Waals surface area contributed by atoms with Gasteiger partial charge in [0.25, 0.3) is 7.37 Å². The second kappa shape index (κ2) is 13.0. The standard InChI is InChI=1S/C25H36NO5P/c1-5-29-25(4,30-6-2)32(28,31-7-3)23(19-14-20-27)26-24(21-15-10-8-11-16-21)22-17-12-9-13-18-22/h8-13,15-18,23,27H,5-7,14,19-20H2,1-4H3/t23?,32-/m0/s1. The summed E-state index contributed by atoms with van der Waals surface area (Å²) in [6, 6.07) is 19.6. The maximum Gasteiger partial charge on any atom is 0.284 e. The first-order valence-corrected chi connectivity index (χ1v) is 13.0. The van der Waals surface area contributed by atoms with Gasteiger partial charge in [-0.15, -0.1) is 0 Å². The highest BCUT2D eigenvalue weighted by atomic mass is 31.2. The molecule has 32 heavy (non-hydrogen) atoms. The normalized spacial score (nSPS) is 14.5. The summed E-state index contributed by atoms with van der Waals surface area (Å²) in [7, 11) is -3.65. The van der Waals surface area contributed by atoms with Gasteiger partial charge in [0.05, 0.1) is 12.3 Å². The topological polar surface area (TPSA) is 77.4 Å². The molecule has 2 atom stereocenters. The summed E-state index contributed by atoms with van der Waals surface area (Å²) in [5.41, 5.74) is 1.08. The first kappa shape index (κ1) is 26.4. The predicted molar refractivity (Wildman–Crippen MR) is 130 cm³/mol. The molecule has 0 spiro atoms. The summed E-state index contributed by atoms with van der Waals surface area (Å²) >= 11 is 0. The summed E-state index contributed by atoms with van der Waals surface area (Å²) in [6.07, 6.45) is 0.795. The van der Waals surface area contributed by atoms with Gasteiger partial charge >= 0.3 is 0 Å². The van der Waals surface area contributed by atoms with Gasteiger partial charge in [-0.05, 0) is 40.5 Å². The number of benzene rings is 2. The molecule has 0 saturated heterocycles. The van der Waals surface area contributed by atoms with Crippen LogP contribution in [0.1, 0.15) is 51.7 Å². The zero-order valence-electron chi connectivity index (χ0n) is 19.6. The molecule has 7 heteroatoms. The molecule has 0 bridgehead atoms. The molecule has 176 valence electrons.